The van der Waals surface area contributed by atoms with Crippen LogP contribution in [-0.4, -0.2) is 21.8 Å². The van der Waals surface area contributed by atoms with Crippen molar-refractivity contribution >= 4 is 0 Å². The Bertz CT molecular complexity index is 858. The Morgan fingerprint density at radius 3 is 2.84 bits per heavy atom. The molecule has 1 saturated carbocycles. The zero-order valence-electron chi connectivity index (χ0n) is 14.8. The van der Waals surface area contributed by atoms with Gasteiger partial charge in [0.15, 0.2) is 0 Å². The van der Waals surface area contributed by atoms with E-state index in [1.165, 1.54) is 0 Å². The molecular formula is C20H23NO4. The highest BCUT2D eigenvalue weighted by Crippen LogP contribution is 2.52. The fourth-order valence-corrected chi connectivity index (χ4v) is 4.47. The maximum atomic E-state index is 12.6. The maximum Gasteiger partial charge on any atom is 0.343 e. The zero-order chi connectivity index (χ0) is 17.8. The molecule has 1 N–H and O–H groups in total. The number of aromatic nitrogens is 1. The molecule has 0 radical (unpaired) electrons. The fourth-order valence-electron chi connectivity index (χ4n) is 4.47. The summed E-state index contributed by atoms with van der Waals surface area (Å²) in [5.41, 5.74) is 0.235. The standard InChI is InChI=1S/C20H23NO4/c1-19(2)16-9-13-15(25-20(16,3)7-6-17(19)22)10-14(24-18(13)23)12-5-4-8-21-11-12/h4-5,8,10-11,16-17,22H,6-7,9H2,1-3H3/t16-,17-,20-/m1/s1. The van der Waals surface area contributed by atoms with E-state index >= 15 is 0 Å². The van der Waals surface area contributed by atoms with Gasteiger partial charge in [-0.3, -0.25) is 4.98 Å². The number of aliphatic hydroxyl groups is 1. The van der Waals surface area contributed by atoms with Gasteiger partial charge >= 0.3 is 5.63 Å². The van der Waals surface area contributed by atoms with Crippen molar-refractivity contribution in [3.05, 3.63) is 46.6 Å². The number of nitrogens with zero attached hydrogens (tertiary/aromatic N) is 1. The molecule has 3 heterocycles. The average Bonchev–Trinajstić information content (AvgIpc) is 2.58. The summed E-state index contributed by atoms with van der Waals surface area (Å²) >= 11 is 0. The summed E-state index contributed by atoms with van der Waals surface area (Å²) in [6, 6.07) is 5.45. The molecule has 2 aromatic rings. The second-order valence-corrected chi connectivity index (χ2v) is 8.03. The van der Waals surface area contributed by atoms with E-state index in [-0.39, 0.29) is 17.0 Å². The first-order valence-corrected chi connectivity index (χ1v) is 8.76. The van der Waals surface area contributed by atoms with Crippen LogP contribution in [0.2, 0.25) is 0 Å². The number of aliphatic hydroxyl groups excluding tert-OH is 1. The van der Waals surface area contributed by atoms with E-state index in [0.29, 0.717) is 29.9 Å². The molecule has 2 aromatic heterocycles. The molecule has 0 unspecified atom stereocenters. The smallest absolute Gasteiger partial charge is 0.343 e. The van der Waals surface area contributed by atoms with Crippen molar-refractivity contribution in [3.8, 4) is 17.1 Å². The molecule has 4 rings (SSSR count). The van der Waals surface area contributed by atoms with Crippen LogP contribution in [0.4, 0.5) is 0 Å². The quantitative estimate of drug-likeness (QED) is 0.862. The molecule has 0 saturated heterocycles. The summed E-state index contributed by atoms with van der Waals surface area (Å²) in [4.78, 5) is 16.7. The first-order chi connectivity index (χ1) is 11.8. The second-order valence-electron chi connectivity index (χ2n) is 8.03. The highest BCUT2D eigenvalue weighted by atomic mass is 16.5. The summed E-state index contributed by atoms with van der Waals surface area (Å²) in [5, 5.41) is 10.4. The molecule has 0 spiro atoms. The van der Waals surface area contributed by atoms with Gasteiger partial charge in [0.25, 0.3) is 0 Å². The topological polar surface area (TPSA) is 72.6 Å². The van der Waals surface area contributed by atoms with Crippen LogP contribution in [0.15, 0.2) is 39.8 Å². The molecule has 2 aliphatic rings. The molecule has 3 atom stereocenters. The highest BCUT2D eigenvalue weighted by molar-refractivity contribution is 5.58. The molecule has 0 aromatic carbocycles. The third-order valence-corrected chi connectivity index (χ3v) is 6.11. The van der Waals surface area contributed by atoms with Crippen LogP contribution in [0, 0.1) is 11.3 Å². The van der Waals surface area contributed by atoms with Crippen molar-refractivity contribution < 1.29 is 14.3 Å². The number of pyridine rings is 1. The number of hydrogen-bond donors (Lipinski definition) is 1. The second kappa shape index (κ2) is 5.43. The minimum atomic E-state index is -0.393. The number of rotatable bonds is 1. The van der Waals surface area contributed by atoms with Crippen LogP contribution in [0.25, 0.3) is 11.3 Å². The Labute approximate surface area is 146 Å². The minimum Gasteiger partial charge on any atom is -0.487 e. The third-order valence-electron chi connectivity index (χ3n) is 6.11. The molecule has 5 heteroatoms. The van der Waals surface area contributed by atoms with Gasteiger partial charge in [-0.2, -0.15) is 0 Å². The van der Waals surface area contributed by atoms with Crippen molar-refractivity contribution in [2.45, 2.75) is 51.7 Å². The Hall–Kier alpha value is -2.14. The molecular weight excluding hydrogens is 318 g/mol. The van der Waals surface area contributed by atoms with Gasteiger partial charge in [0.2, 0.25) is 0 Å². The van der Waals surface area contributed by atoms with Crippen LogP contribution >= 0.6 is 0 Å². The van der Waals surface area contributed by atoms with E-state index in [0.717, 1.165) is 12.0 Å². The van der Waals surface area contributed by atoms with E-state index in [2.05, 4.69) is 25.8 Å². The molecule has 1 aliphatic heterocycles. The van der Waals surface area contributed by atoms with Crippen molar-refractivity contribution in [2.24, 2.45) is 11.3 Å². The molecule has 5 nitrogen and oxygen atoms in total. The zero-order valence-corrected chi connectivity index (χ0v) is 14.8. The first kappa shape index (κ1) is 16.3. The van der Waals surface area contributed by atoms with Gasteiger partial charge in [-0.05, 0) is 43.7 Å². The first-order valence-electron chi connectivity index (χ1n) is 8.76. The summed E-state index contributed by atoms with van der Waals surface area (Å²) in [7, 11) is 0. The summed E-state index contributed by atoms with van der Waals surface area (Å²) < 4.78 is 11.9. The van der Waals surface area contributed by atoms with Gasteiger partial charge in [-0.1, -0.05) is 13.8 Å². The molecule has 0 amide bonds. The van der Waals surface area contributed by atoms with Crippen molar-refractivity contribution in [1.29, 1.82) is 0 Å². The van der Waals surface area contributed by atoms with Gasteiger partial charge in [0.1, 0.15) is 17.1 Å². The lowest BCUT2D eigenvalue weighted by molar-refractivity contribution is -0.138. The molecule has 0 bridgehead atoms. The van der Waals surface area contributed by atoms with E-state index in [4.69, 9.17) is 9.15 Å². The maximum absolute atomic E-state index is 12.6. The normalized spacial score (nSPS) is 30.1. The molecule has 1 aliphatic carbocycles. The SMILES string of the molecule is CC1(C)[C@H](O)CC[C@@]2(C)Oc3cc(-c4cccnc4)oc(=O)c3C[C@H]12. The van der Waals surface area contributed by atoms with Gasteiger partial charge < -0.3 is 14.3 Å². The fraction of sp³-hybridized carbons (Fsp3) is 0.500. The largest absolute Gasteiger partial charge is 0.487 e. The van der Waals surface area contributed by atoms with Gasteiger partial charge in [0, 0.05) is 29.9 Å². The van der Waals surface area contributed by atoms with Crippen LogP contribution in [0.1, 0.15) is 39.2 Å². The number of hydrogen-bond acceptors (Lipinski definition) is 5. The van der Waals surface area contributed by atoms with Crippen LogP contribution in [0.5, 0.6) is 5.75 Å². The summed E-state index contributed by atoms with van der Waals surface area (Å²) in [6.45, 7) is 6.20. The Balaban J connectivity index is 1.80. The van der Waals surface area contributed by atoms with E-state index < -0.39 is 11.7 Å². The number of fused-ring (bicyclic) bond motifs is 2. The average molecular weight is 341 g/mol. The minimum absolute atomic E-state index is 0.0587. The van der Waals surface area contributed by atoms with Crippen molar-refractivity contribution in [3.63, 3.8) is 0 Å². The van der Waals surface area contributed by atoms with Gasteiger partial charge in [-0.15, -0.1) is 0 Å². The molecule has 132 valence electrons. The lowest BCUT2D eigenvalue weighted by atomic mass is 9.58. The van der Waals surface area contributed by atoms with E-state index in [9.17, 15) is 9.90 Å². The lowest BCUT2D eigenvalue weighted by Crippen LogP contribution is -2.59. The van der Waals surface area contributed by atoms with Crippen LogP contribution < -0.4 is 10.4 Å². The Morgan fingerprint density at radius 2 is 2.12 bits per heavy atom. The van der Waals surface area contributed by atoms with Gasteiger partial charge in [0.05, 0.1) is 11.7 Å². The predicted octanol–water partition coefficient (Wildman–Crippen LogP) is 3.19. The molecule has 25 heavy (non-hydrogen) atoms. The van der Waals surface area contributed by atoms with E-state index in [1.54, 1.807) is 24.5 Å². The van der Waals surface area contributed by atoms with Gasteiger partial charge in [-0.25, -0.2) is 4.79 Å². The van der Waals surface area contributed by atoms with Crippen LogP contribution in [0.3, 0.4) is 0 Å². The predicted molar refractivity (Wildman–Crippen MR) is 93.5 cm³/mol. The van der Waals surface area contributed by atoms with Crippen molar-refractivity contribution in [1.82, 2.24) is 4.98 Å². The van der Waals surface area contributed by atoms with Crippen molar-refractivity contribution in [2.75, 3.05) is 0 Å². The lowest BCUT2D eigenvalue weighted by Gasteiger charge is -2.54. The monoisotopic (exact) mass is 341 g/mol. The summed E-state index contributed by atoms with van der Waals surface area (Å²) in [5.74, 6) is 1.12. The number of ether oxygens (including phenoxy) is 1. The van der Waals surface area contributed by atoms with Crippen LogP contribution in [-0.2, 0) is 6.42 Å². The summed E-state index contributed by atoms with van der Waals surface area (Å²) in [6.07, 6.45) is 4.98. The highest BCUT2D eigenvalue weighted by Gasteiger charge is 2.55. The third kappa shape index (κ3) is 2.49. The Morgan fingerprint density at radius 1 is 1.32 bits per heavy atom. The van der Waals surface area contributed by atoms with E-state index in [1.807, 2.05) is 6.07 Å². The molecule has 1 fully saturated rings. The Kier molecular flexibility index (Phi) is 3.55.